The molecule has 0 rings (SSSR count). The number of carboxylic acid groups (broad SMARTS) is 2. The van der Waals surface area contributed by atoms with Gasteiger partial charge in [0.2, 0.25) is 0 Å². The number of rotatable bonds is 6. The predicted molar refractivity (Wildman–Crippen MR) is 70.2 cm³/mol. The van der Waals surface area contributed by atoms with Crippen molar-refractivity contribution in [3.05, 3.63) is 0 Å². The van der Waals surface area contributed by atoms with Crippen molar-refractivity contribution in [2.45, 2.75) is 10.9 Å². The number of aliphatic hydroxyl groups excluding tert-OH is 4. The molecule has 0 aromatic carbocycles. The fraction of sp³-hybridized carbons (Fsp3) is 0.750. The Morgan fingerprint density at radius 1 is 0.895 bits per heavy atom. The molecule has 19 heavy (non-hydrogen) atoms. The van der Waals surface area contributed by atoms with Crippen LogP contribution in [0.5, 0.6) is 0 Å². The highest BCUT2D eigenvalue weighted by atomic mass is 32.1. The molecule has 0 aliphatic rings. The lowest BCUT2D eigenvalue weighted by molar-refractivity contribution is -0.142. The van der Waals surface area contributed by atoms with Gasteiger partial charge in [0.15, 0.2) is 10.9 Å². The van der Waals surface area contributed by atoms with E-state index in [1.54, 1.807) is 0 Å². The molecule has 0 aromatic heterocycles. The van der Waals surface area contributed by atoms with Crippen molar-refractivity contribution in [3.63, 3.8) is 0 Å². The second kappa shape index (κ2) is 17.4. The maximum atomic E-state index is 9.37. The third kappa shape index (κ3) is 31.8. The van der Waals surface area contributed by atoms with E-state index in [0.717, 1.165) is 0 Å². The summed E-state index contributed by atoms with van der Waals surface area (Å²) in [5.41, 5.74) is -3.07. The van der Waals surface area contributed by atoms with Crippen molar-refractivity contribution < 1.29 is 45.0 Å². The molecule has 116 valence electrons. The van der Waals surface area contributed by atoms with Gasteiger partial charge < -0.3 is 35.4 Å². The van der Waals surface area contributed by atoms with E-state index in [2.05, 4.69) is 30.0 Å². The summed E-state index contributed by atoms with van der Waals surface area (Å²) in [6.45, 7) is 0.696. The second-order valence-corrected chi connectivity index (χ2v) is 3.46. The number of hydrogen-bond donors (Lipinski definition) is 8. The van der Waals surface area contributed by atoms with Crippen LogP contribution in [0.25, 0.3) is 0 Å². The van der Waals surface area contributed by atoms with Gasteiger partial charge in [-0.1, -0.05) is 0 Å². The van der Waals surface area contributed by atoms with Crippen molar-refractivity contribution >= 4 is 37.2 Å². The Morgan fingerprint density at radius 3 is 1.21 bits per heavy atom. The molecule has 0 amide bonds. The minimum Gasteiger partial charge on any atom is -0.479 e. The van der Waals surface area contributed by atoms with Crippen LogP contribution in [0.15, 0.2) is 0 Å². The maximum absolute atomic E-state index is 9.37. The normalized spacial score (nSPS) is 12.1. The average molecular weight is 322 g/mol. The van der Waals surface area contributed by atoms with Crippen molar-refractivity contribution in [2.75, 3.05) is 26.4 Å². The minimum absolute atomic E-state index is 0.0278. The van der Waals surface area contributed by atoms with Gasteiger partial charge in [0.25, 0.3) is 0 Å². The molecule has 6 N–H and O–H groups in total. The molecule has 0 bridgehead atoms. The molecular formula is C8H18O9S2. The van der Waals surface area contributed by atoms with E-state index in [-0.39, 0.29) is 13.2 Å². The average Bonchev–Trinajstić information content (AvgIpc) is 2.31. The molecule has 0 aromatic rings. The van der Waals surface area contributed by atoms with Crippen molar-refractivity contribution in [1.82, 2.24) is 0 Å². The highest BCUT2D eigenvalue weighted by Gasteiger charge is 2.03. The molecule has 0 saturated heterocycles. The van der Waals surface area contributed by atoms with Crippen LogP contribution in [0, 0.1) is 0 Å². The zero-order valence-corrected chi connectivity index (χ0v) is 11.6. The van der Waals surface area contributed by atoms with Crippen LogP contribution in [0.2, 0.25) is 0 Å². The van der Waals surface area contributed by atoms with E-state index in [1.165, 1.54) is 0 Å². The van der Waals surface area contributed by atoms with E-state index >= 15 is 0 Å². The van der Waals surface area contributed by atoms with Gasteiger partial charge in [-0.3, -0.25) is 0 Å². The third-order valence-corrected chi connectivity index (χ3v) is 1.35. The summed E-state index contributed by atoms with van der Waals surface area (Å²) in [6.07, 6.45) is 0. The first-order valence-corrected chi connectivity index (χ1v) is 5.71. The van der Waals surface area contributed by atoms with E-state index < -0.39 is 22.8 Å². The van der Waals surface area contributed by atoms with Crippen LogP contribution >= 0.6 is 25.3 Å². The topological polar surface area (TPSA) is 165 Å². The van der Waals surface area contributed by atoms with E-state index in [0.29, 0.717) is 13.2 Å². The lowest BCUT2D eigenvalue weighted by Crippen LogP contribution is -2.10. The summed E-state index contributed by atoms with van der Waals surface area (Å²) in [5.74, 6) is -2.64. The number of hydrogen-bond acceptors (Lipinski definition) is 9. The lowest BCUT2D eigenvalue weighted by atomic mass is 10.7. The fourth-order valence-electron chi connectivity index (χ4n) is 0.231. The first-order chi connectivity index (χ1) is 8.70. The first-order valence-electron chi connectivity index (χ1n) is 4.68. The van der Waals surface area contributed by atoms with Crippen molar-refractivity contribution in [3.8, 4) is 0 Å². The summed E-state index contributed by atoms with van der Waals surface area (Å²) < 4.78 is 4.63. The molecule has 0 saturated carbocycles. The predicted octanol–water partition coefficient (Wildman–Crippen LogP) is -2.37. The summed E-state index contributed by atoms with van der Waals surface area (Å²) in [7, 11) is 0. The van der Waals surface area contributed by atoms with Gasteiger partial charge in [-0.2, -0.15) is 0 Å². The standard InChI is InChI=1S/C4H10O3.2C2H4O3S/c5-1-3-7-4-2-6;2*3-1(4)2(5)6/h5-6H,1-4H2;2*2,5-6H,(H,3,4). The maximum Gasteiger partial charge on any atom is 0.342 e. The van der Waals surface area contributed by atoms with Gasteiger partial charge in [-0.15, -0.1) is 25.3 Å². The van der Waals surface area contributed by atoms with Crippen LogP contribution in [0.3, 0.4) is 0 Å². The van der Waals surface area contributed by atoms with Crippen LogP contribution in [-0.4, -0.2) is 79.9 Å². The van der Waals surface area contributed by atoms with Crippen LogP contribution in [0.4, 0.5) is 0 Å². The molecule has 2 atom stereocenters. The zero-order valence-electron chi connectivity index (χ0n) is 9.79. The van der Waals surface area contributed by atoms with Crippen LogP contribution in [-0.2, 0) is 14.3 Å². The largest absolute Gasteiger partial charge is 0.479 e. The van der Waals surface area contributed by atoms with Crippen molar-refractivity contribution in [1.29, 1.82) is 0 Å². The van der Waals surface area contributed by atoms with E-state index in [9.17, 15) is 9.59 Å². The number of ether oxygens (including phenoxy) is 1. The second-order valence-electron chi connectivity index (χ2n) is 2.48. The molecular weight excluding hydrogens is 304 g/mol. The van der Waals surface area contributed by atoms with E-state index in [4.69, 9.17) is 30.6 Å². The summed E-state index contributed by atoms with van der Waals surface area (Å²) >= 11 is 6.30. The number of carboxylic acids is 2. The Kier molecular flexibility index (Phi) is 21.6. The summed E-state index contributed by atoms with van der Waals surface area (Å²) in [6, 6.07) is 0. The zero-order chi connectivity index (χ0) is 15.8. The minimum atomic E-state index is -1.54. The van der Waals surface area contributed by atoms with Gasteiger partial charge >= 0.3 is 11.9 Å². The Bertz CT molecular complexity index is 200. The van der Waals surface area contributed by atoms with Gasteiger partial charge in [-0.25, -0.2) is 9.59 Å². The smallest absolute Gasteiger partial charge is 0.342 e. The fourth-order valence-corrected chi connectivity index (χ4v) is 0.231. The van der Waals surface area contributed by atoms with Crippen LogP contribution in [0.1, 0.15) is 0 Å². The molecule has 0 aliphatic carbocycles. The third-order valence-electron chi connectivity index (χ3n) is 0.913. The van der Waals surface area contributed by atoms with E-state index in [1.807, 2.05) is 0 Å². The quantitative estimate of drug-likeness (QED) is 0.151. The van der Waals surface area contributed by atoms with Crippen molar-refractivity contribution in [2.24, 2.45) is 0 Å². The highest BCUT2D eigenvalue weighted by Crippen LogP contribution is 1.84. The Labute approximate surface area is 120 Å². The number of aliphatic hydroxyl groups is 4. The molecule has 9 nitrogen and oxygen atoms in total. The summed E-state index contributed by atoms with van der Waals surface area (Å²) in [5, 5.41) is 47.3. The number of carbonyl (C=O) groups is 2. The molecule has 2 unspecified atom stereocenters. The number of thiol groups is 2. The molecule has 0 radical (unpaired) electrons. The molecule has 0 heterocycles. The van der Waals surface area contributed by atoms with Gasteiger partial charge in [0.1, 0.15) is 0 Å². The van der Waals surface area contributed by atoms with Gasteiger partial charge in [-0.05, 0) is 0 Å². The molecule has 11 heteroatoms. The Hall–Kier alpha value is -0.560. The summed E-state index contributed by atoms with van der Waals surface area (Å²) in [4.78, 5) is 18.7. The Morgan fingerprint density at radius 2 is 1.11 bits per heavy atom. The monoisotopic (exact) mass is 322 g/mol. The number of aliphatic carboxylic acids is 2. The Balaban J connectivity index is -0.000000203. The van der Waals surface area contributed by atoms with Gasteiger partial charge in [0.05, 0.1) is 26.4 Å². The molecule has 0 fully saturated rings. The highest BCUT2D eigenvalue weighted by molar-refractivity contribution is 7.81. The lowest BCUT2D eigenvalue weighted by Gasteiger charge is -1.94. The molecule has 0 spiro atoms. The molecule has 0 aliphatic heterocycles. The SMILES string of the molecule is O=C(O)C(O)S.O=C(O)C(O)S.OCCOCCO. The van der Waals surface area contributed by atoms with Gasteiger partial charge in [0, 0.05) is 0 Å². The first kappa shape index (κ1) is 23.5. The van der Waals surface area contributed by atoms with Crippen LogP contribution < -0.4 is 0 Å².